The van der Waals surface area contributed by atoms with Crippen molar-refractivity contribution in [2.45, 2.75) is 19.8 Å². The molecule has 1 aromatic carbocycles. The number of halogens is 1. The summed E-state index contributed by atoms with van der Waals surface area (Å²) in [6, 6.07) is 12.0. The summed E-state index contributed by atoms with van der Waals surface area (Å²) < 4.78 is 0. The van der Waals surface area contributed by atoms with E-state index in [1.165, 1.54) is 6.42 Å². The monoisotopic (exact) mass is 438 g/mol. The summed E-state index contributed by atoms with van der Waals surface area (Å²) in [6.07, 6.45) is 7.69. The molecular formula is C25H31ClN4O. The maximum Gasteiger partial charge on any atom is 0.246 e. The molecule has 2 aliphatic heterocycles. The van der Waals surface area contributed by atoms with E-state index in [1.54, 1.807) is 6.08 Å². The van der Waals surface area contributed by atoms with Crippen LogP contribution >= 0.6 is 11.6 Å². The van der Waals surface area contributed by atoms with Crippen molar-refractivity contribution in [3.05, 3.63) is 64.8 Å². The molecule has 164 valence electrons. The minimum absolute atomic E-state index is 0.0985. The van der Waals surface area contributed by atoms with Crippen LogP contribution < -0.4 is 4.90 Å². The number of benzene rings is 1. The van der Waals surface area contributed by atoms with Gasteiger partial charge >= 0.3 is 0 Å². The summed E-state index contributed by atoms with van der Waals surface area (Å²) in [4.78, 5) is 24.1. The molecule has 1 atom stereocenters. The largest absolute Gasteiger partial charge is 0.354 e. The van der Waals surface area contributed by atoms with Crippen molar-refractivity contribution in [2.24, 2.45) is 5.92 Å². The summed E-state index contributed by atoms with van der Waals surface area (Å²) in [5.74, 6) is 1.71. The minimum Gasteiger partial charge on any atom is -0.354 e. The average Bonchev–Trinajstić information content (AvgIpc) is 2.81. The Morgan fingerprint density at radius 2 is 2.00 bits per heavy atom. The highest BCUT2D eigenvalue weighted by Gasteiger charge is 2.26. The van der Waals surface area contributed by atoms with Gasteiger partial charge in [-0.05, 0) is 61.1 Å². The zero-order chi connectivity index (χ0) is 21.6. The summed E-state index contributed by atoms with van der Waals surface area (Å²) in [5.41, 5.74) is 2.01. The maximum atomic E-state index is 12.7. The van der Waals surface area contributed by atoms with E-state index in [0.717, 1.165) is 74.2 Å². The zero-order valence-corrected chi connectivity index (χ0v) is 19.0. The summed E-state index contributed by atoms with van der Waals surface area (Å²) in [7, 11) is 0. The number of pyridine rings is 1. The second kappa shape index (κ2) is 10.3. The molecule has 2 aromatic rings. The molecule has 2 fully saturated rings. The lowest BCUT2D eigenvalue weighted by molar-refractivity contribution is -0.127. The number of aryl methyl sites for hydroxylation is 1. The Balaban J connectivity index is 1.26. The Bertz CT molecular complexity index is 909. The van der Waals surface area contributed by atoms with E-state index in [-0.39, 0.29) is 5.91 Å². The number of piperazine rings is 1. The highest BCUT2D eigenvalue weighted by molar-refractivity contribution is 6.31. The second-order valence-corrected chi connectivity index (χ2v) is 9.02. The number of amides is 1. The third-order valence-corrected chi connectivity index (χ3v) is 6.71. The first-order valence-electron chi connectivity index (χ1n) is 11.2. The zero-order valence-electron chi connectivity index (χ0n) is 18.2. The lowest BCUT2D eigenvalue weighted by Gasteiger charge is -2.39. The van der Waals surface area contributed by atoms with E-state index >= 15 is 0 Å². The van der Waals surface area contributed by atoms with Crippen molar-refractivity contribution in [3.63, 3.8) is 0 Å². The number of piperidine rings is 1. The third kappa shape index (κ3) is 5.86. The maximum absolute atomic E-state index is 12.7. The van der Waals surface area contributed by atoms with Gasteiger partial charge < -0.3 is 9.80 Å². The molecule has 1 unspecified atom stereocenters. The van der Waals surface area contributed by atoms with E-state index in [2.05, 4.69) is 20.9 Å². The Hall–Kier alpha value is -2.37. The molecular weight excluding hydrogens is 408 g/mol. The number of likely N-dealkylation sites (tertiary alicyclic amines) is 1. The standard InChI is InChI=1S/C25H31ClN4O/c1-20-7-8-21(17-23(20)26)9-10-25(31)30-12-4-5-22(19-30)18-28-13-15-29(16-14-28)24-6-2-3-11-27-24/h2-3,6-11,17,22H,4-5,12-16,18-19H2,1H3/b10-9+. The molecule has 0 radical (unpaired) electrons. The fourth-order valence-electron chi connectivity index (χ4n) is 4.47. The number of carbonyl (C=O) groups excluding carboxylic acids is 1. The molecule has 31 heavy (non-hydrogen) atoms. The van der Waals surface area contributed by atoms with Crippen LogP contribution in [0.3, 0.4) is 0 Å². The molecule has 2 saturated heterocycles. The molecule has 1 amide bonds. The van der Waals surface area contributed by atoms with E-state index in [1.807, 2.05) is 54.4 Å². The van der Waals surface area contributed by atoms with E-state index in [9.17, 15) is 4.79 Å². The number of rotatable bonds is 5. The van der Waals surface area contributed by atoms with Crippen LogP contribution in [0.5, 0.6) is 0 Å². The third-order valence-electron chi connectivity index (χ3n) is 6.31. The van der Waals surface area contributed by atoms with Crippen LogP contribution in [0.4, 0.5) is 5.82 Å². The minimum atomic E-state index is 0.0985. The highest BCUT2D eigenvalue weighted by atomic mass is 35.5. The molecule has 5 nitrogen and oxygen atoms in total. The van der Waals surface area contributed by atoms with Gasteiger partial charge in [-0.3, -0.25) is 9.69 Å². The summed E-state index contributed by atoms with van der Waals surface area (Å²) in [6.45, 7) is 8.86. The Morgan fingerprint density at radius 3 is 2.74 bits per heavy atom. The molecule has 1 aromatic heterocycles. The van der Waals surface area contributed by atoms with Gasteiger partial charge in [-0.15, -0.1) is 0 Å². The van der Waals surface area contributed by atoms with Crippen LogP contribution in [0.25, 0.3) is 6.08 Å². The fraction of sp³-hybridized carbons (Fsp3) is 0.440. The number of hydrogen-bond acceptors (Lipinski definition) is 4. The van der Waals surface area contributed by atoms with Crippen LogP contribution in [0.2, 0.25) is 5.02 Å². The van der Waals surface area contributed by atoms with Crippen LogP contribution in [0.15, 0.2) is 48.7 Å². The molecule has 0 bridgehead atoms. The predicted octanol–water partition coefficient (Wildman–Crippen LogP) is 4.12. The van der Waals surface area contributed by atoms with Crippen molar-refractivity contribution < 1.29 is 4.79 Å². The Morgan fingerprint density at radius 1 is 1.16 bits per heavy atom. The molecule has 3 heterocycles. The van der Waals surface area contributed by atoms with Crippen molar-refractivity contribution in [1.82, 2.24) is 14.8 Å². The van der Waals surface area contributed by atoms with Crippen LogP contribution in [-0.4, -0.2) is 66.5 Å². The van der Waals surface area contributed by atoms with Gasteiger partial charge in [-0.25, -0.2) is 4.98 Å². The Labute approximate surface area is 190 Å². The SMILES string of the molecule is Cc1ccc(/C=C/C(=O)N2CCCC(CN3CCN(c4ccccn4)CC3)C2)cc1Cl. The van der Waals surface area contributed by atoms with Gasteiger partial charge in [0.2, 0.25) is 5.91 Å². The quantitative estimate of drug-likeness (QED) is 0.658. The number of aromatic nitrogens is 1. The van der Waals surface area contributed by atoms with Gasteiger partial charge in [-0.2, -0.15) is 0 Å². The first-order valence-corrected chi connectivity index (χ1v) is 11.6. The predicted molar refractivity (Wildman–Crippen MR) is 127 cm³/mol. The number of carbonyl (C=O) groups is 1. The average molecular weight is 439 g/mol. The lowest BCUT2D eigenvalue weighted by Crippen LogP contribution is -2.50. The van der Waals surface area contributed by atoms with Gasteiger partial charge in [0.1, 0.15) is 5.82 Å². The topological polar surface area (TPSA) is 39.7 Å². The van der Waals surface area contributed by atoms with Crippen LogP contribution in [0.1, 0.15) is 24.0 Å². The van der Waals surface area contributed by atoms with Gasteiger partial charge in [0.05, 0.1) is 0 Å². The fourth-order valence-corrected chi connectivity index (χ4v) is 4.65. The van der Waals surface area contributed by atoms with Crippen LogP contribution in [-0.2, 0) is 4.79 Å². The van der Waals surface area contributed by atoms with Crippen LogP contribution in [0, 0.1) is 12.8 Å². The molecule has 0 aliphatic carbocycles. The van der Waals surface area contributed by atoms with E-state index < -0.39 is 0 Å². The van der Waals surface area contributed by atoms with Gasteiger partial charge in [-0.1, -0.05) is 29.8 Å². The van der Waals surface area contributed by atoms with Gasteiger partial charge in [0, 0.05) is 63.1 Å². The second-order valence-electron chi connectivity index (χ2n) is 8.61. The number of nitrogens with zero attached hydrogens (tertiary/aromatic N) is 4. The van der Waals surface area contributed by atoms with Crippen molar-refractivity contribution in [2.75, 3.05) is 50.7 Å². The van der Waals surface area contributed by atoms with E-state index in [4.69, 9.17) is 11.6 Å². The normalized spacial score (nSPS) is 20.4. The lowest BCUT2D eigenvalue weighted by atomic mass is 9.97. The van der Waals surface area contributed by atoms with Crippen molar-refractivity contribution in [1.29, 1.82) is 0 Å². The molecule has 2 aliphatic rings. The van der Waals surface area contributed by atoms with Crippen molar-refractivity contribution >= 4 is 29.4 Å². The smallest absolute Gasteiger partial charge is 0.246 e. The first kappa shape index (κ1) is 21.8. The molecule has 4 rings (SSSR count). The molecule has 0 saturated carbocycles. The first-order chi connectivity index (χ1) is 15.1. The molecule has 0 N–H and O–H groups in total. The van der Waals surface area contributed by atoms with Gasteiger partial charge in [0.25, 0.3) is 0 Å². The van der Waals surface area contributed by atoms with Crippen molar-refractivity contribution in [3.8, 4) is 0 Å². The van der Waals surface area contributed by atoms with E-state index in [0.29, 0.717) is 5.92 Å². The summed E-state index contributed by atoms with van der Waals surface area (Å²) in [5, 5.41) is 0.732. The molecule has 0 spiro atoms. The highest BCUT2D eigenvalue weighted by Crippen LogP contribution is 2.21. The Kier molecular flexibility index (Phi) is 7.25. The number of anilines is 1. The van der Waals surface area contributed by atoms with Gasteiger partial charge in [0.15, 0.2) is 0 Å². The number of hydrogen-bond donors (Lipinski definition) is 0. The molecule has 6 heteroatoms. The summed E-state index contributed by atoms with van der Waals surface area (Å²) >= 11 is 6.19.